The Balaban J connectivity index is 1.88. The third-order valence-electron chi connectivity index (χ3n) is 5.09. The zero-order valence-corrected chi connectivity index (χ0v) is 16.0. The SMILES string of the molecule is Cc1cc(-c2cc3c(cc2OCC2CC2)CN(C)S3(=O)=O)cn(C)c1=O. The number of sulfonamides is 1. The van der Waals surface area contributed by atoms with E-state index in [1.54, 1.807) is 39.3 Å². The normalized spacial score (nSPS) is 18.7. The summed E-state index contributed by atoms with van der Waals surface area (Å²) in [4.78, 5) is 12.3. The monoisotopic (exact) mass is 374 g/mol. The summed E-state index contributed by atoms with van der Waals surface area (Å²) in [7, 11) is -0.194. The van der Waals surface area contributed by atoms with Gasteiger partial charge in [0.15, 0.2) is 0 Å². The van der Waals surface area contributed by atoms with Crippen molar-refractivity contribution in [2.24, 2.45) is 13.0 Å². The van der Waals surface area contributed by atoms with Crippen LogP contribution in [-0.2, 0) is 23.6 Å². The number of fused-ring (bicyclic) bond motifs is 1. The summed E-state index contributed by atoms with van der Waals surface area (Å²) < 4.78 is 34.1. The highest BCUT2D eigenvalue weighted by atomic mass is 32.2. The lowest BCUT2D eigenvalue weighted by atomic mass is 10.0. The van der Waals surface area contributed by atoms with E-state index in [4.69, 9.17) is 4.74 Å². The van der Waals surface area contributed by atoms with Crippen molar-refractivity contribution in [3.63, 3.8) is 0 Å². The molecule has 6 nitrogen and oxygen atoms in total. The predicted octanol–water partition coefficient (Wildman–Crippen LogP) is 2.28. The standard InChI is InChI=1S/C19H22N2O4S/c1-12-6-14(9-20(2)19(12)22)16-8-18-15(10-21(3)26(18,23)24)7-17(16)25-11-13-4-5-13/h6-9,13H,4-5,10-11H2,1-3H3. The highest BCUT2D eigenvalue weighted by Gasteiger charge is 2.33. The topological polar surface area (TPSA) is 68.6 Å². The predicted molar refractivity (Wildman–Crippen MR) is 98.7 cm³/mol. The second-order valence-electron chi connectivity index (χ2n) is 7.30. The van der Waals surface area contributed by atoms with Crippen molar-refractivity contribution in [2.45, 2.75) is 31.2 Å². The van der Waals surface area contributed by atoms with Crippen LogP contribution in [0, 0.1) is 12.8 Å². The zero-order valence-electron chi connectivity index (χ0n) is 15.2. The first kappa shape index (κ1) is 17.3. The van der Waals surface area contributed by atoms with Crippen LogP contribution in [0.2, 0.25) is 0 Å². The average molecular weight is 374 g/mol. The van der Waals surface area contributed by atoms with Gasteiger partial charge < -0.3 is 9.30 Å². The molecule has 1 aromatic heterocycles. The summed E-state index contributed by atoms with van der Waals surface area (Å²) in [5.74, 6) is 1.27. The summed E-state index contributed by atoms with van der Waals surface area (Å²) in [5, 5.41) is 0. The van der Waals surface area contributed by atoms with Crippen molar-refractivity contribution in [2.75, 3.05) is 13.7 Å². The number of hydrogen-bond donors (Lipinski definition) is 0. The third kappa shape index (κ3) is 2.85. The van der Waals surface area contributed by atoms with Crippen LogP contribution in [0.3, 0.4) is 0 Å². The molecule has 1 fully saturated rings. The van der Waals surface area contributed by atoms with E-state index >= 15 is 0 Å². The highest BCUT2D eigenvalue weighted by molar-refractivity contribution is 7.89. The van der Waals surface area contributed by atoms with Crippen LogP contribution >= 0.6 is 0 Å². The lowest BCUT2D eigenvalue weighted by Gasteiger charge is -2.15. The number of pyridine rings is 1. The second-order valence-corrected chi connectivity index (χ2v) is 9.31. The molecule has 0 unspecified atom stereocenters. The van der Waals surface area contributed by atoms with Gasteiger partial charge in [0.1, 0.15) is 5.75 Å². The molecule has 1 aromatic carbocycles. The van der Waals surface area contributed by atoms with Gasteiger partial charge in [-0.2, -0.15) is 4.31 Å². The summed E-state index contributed by atoms with van der Waals surface area (Å²) in [6, 6.07) is 5.32. The van der Waals surface area contributed by atoms with Gasteiger partial charge in [-0.1, -0.05) is 0 Å². The molecule has 0 bridgehead atoms. The Hall–Kier alpha value is -2.12. The molecule has 2 heterocycles. The Morgan fingerprint density at radius 3 is 2.58 bits per heavy atom. The second kappa shape index (κ2) is 5.96. The number of nitrogens with zero attached hydrogens (tertiary/aromatic N) is 2. The van der Waals surface area contributed by atoms with Crippen LogP contribution in [0.5, 0.6) is 5.75 Å². The van der Waals surface area contributed by atoms with Gasteiger partial charge >= 0.3 is 0 Å². The quantitative estimate of drug-likeness (QED) is 0.823. The van der Waals surface area contributed by atoms with Crippen molar-refractivity contribution in [1.82, 2.24) is 8.87 Å². The molecule has 4 rings (SSSR count). The van der Waals surface area contributed by atoms with E-state index in [2.05, 4.69) is 0 Å². The van der Waals surface area contributed by atoms with E-state index in [9.17, 15) is 13.2 Å². The van der Waals surface area contributed by atoms with E-state index in [0.29, 0.717) is 40.8 Å². The summed E-state index contributed by atoms with van der Waals surface area (Å²) in [6.45, 7) is 2.75. The largest absolute Gasteiger partial charge is 0.493 e. The number of rotatable bonds is 4. The Morgan fingerprint density at radius 2 is 1.92 bits per heavy atom. The fourth-order valence-corrected chi connectivity index (χ4v) is 4.69. The Labute approximate surface area is 153 Å². The van der Waals surface area contributed by atoms with Gasteiger partial charge in [-0.25, -0.2) is 8.42 Å². The first-order valence-electron chi connectivity index (χ1n) is 8.71. The first-order valence-corrected chi connectivity index (χ1v) is 10.1. The maximum Gasteiger partial charge on any atom is 0.253 e. The van der Waals surface area contributed by atoms with Gasteiger partial charge in [0.2, 0.25) is 10.0 Å². The molecule has 0 atom stereocenters. The van der Waals surface area contributed by atoms with Gasteiger partial charge in [-0.05, 0) is 49.4 Å². The number of aromatic nitrogens is 1. The Bertz CT molecular complexity index is 1030. The molecule has 2 aliphatic rings. The lowest BCUT2D eigenvalue weighted by Crippen LogP contribution is -2.19. The van der Waals surface area contributed by atoms with Crippen molar-refractivity contribution >= 4 is 10.0 Å². The van der Waals surface area contributed by atoms with Crippen LogP contribution in [-0.4, -0.2) is 30.9 Å². The van der Waals surface area contributed by atoms with Gasteiger partial charge in [0.05, 0.1) is 11.5 Å². The first-order chi connectivity index (χ1) is 12.3. The zero-order chi connectivity index (χ0) is 18.6. The fraction of sp³-hybridized carbons (Fsp3) is 0.421. The average Bonchev–Trinajstić information content (AvgIpc) is 3.38. The molecule has 2 aromatic rings. The van der Waals surface area contributed by atoms with Crippen molar-refractivity contribution in [3.8, 4) is 16.9 Å². The maximum absolute atomic E-state index is 12.6. The number of hydrogen-bond acceptors (Lipinski definition) is 4. The molecular weight excluding hydrogens is 352 g/mol. The molecule has 0 amide bonds. The minimum Gasteiger partial charge on any atom is -0.493 e. The van der Waals surface area contributed by atoms with E-state index in [0.717, 1.165) is 11.1 Å². The summed E-state index contributed by atoms with van der Waals surface area (Å²) in [6.07, 6.45) is 4.08. The number of ether oxygens (including phenoxy) is 1. The van der Waals surface area contributed by atoms with E-state index in [-0.39, 0.29) is 5.56 Å². The van der Waals surface area contributed by atoms with Crippen molar-refractivity contribution in [1.29, 1.82) is 0 Å². The molecule has 0 spiro atoms. The minimum absolute atomic E-state index is 0.0669. The van der Waals surface area contributed by atoms with Gasteiger partial charge in [0, 0.05) is 43.5 Å². The van der Waals surface area contributed by atoms with Crippen molar-refractivity contribution < 1.29 is 13.2 Å². The molecule has 1 aliphatic heterocycles. The van der Waals surface area contributed by atoms with Crippen LogP contribution < -0.4 is 10.3 Å². The number of aryl methyl sites for hydroxylation is 2. The summed E-state index contributed by atoms with van der Waals surface area (Å²) in [5.41, 5.74) is 2.79. The molecule has 1 aliphatic carbocycles. The Kier molecular flexibility index (Phi) is 3.96. The molecule has 26 heavy (non-hydrogen) atoms. The van der Waals surface area contributed by atoms with Gasteiger partial charge in [-0.3, -0.25) is 4.79 Å². The molecule has 7 heteroatoms. The molecular formula is C19H22N2O4S. The van der Waals surface area contributed by atoms with Crippen LogP contribution in [0.25, 0.3) is 11.1 Å². The maximum atomic E-state index is 12.6. The number of benzene rings is 1. The lowest BCUT2D eigenvalue weighted by molar-refractivity contribution is 0.300. The van der Waals surface area contributed by atoms with E-state index in [1.165, 1.54) is 21.7 Å². The molecule has 1 saturated carbocycles. The van der Waals surface area contributed by atoms with Crippen LogP contribution in [0.4, 0.5) is 0 Å². The van der Waals surface area contributed by atoms with Crippen LogP contribution in [0.1, 0.15) is 24.0 Å². The minimum atomic E-state index is -3.47. The smallest absolute Gasteiger partial charge is 0.253 e. The molecule has 138 valence electrons. The van der Waals surface area contributed by atoms with E-state index in [1.807, 2.05) is 6.07 Å². The molecule has 0 N–H and O–H groups in total. The molecule has 0 saturated heterocycles. The highest BCUT2D eigenvalue weighted by Crippen LogP contribution is 2.40. The van der Waals surface area contributed by atoms with Gasteiger partial charge in [0.25, 0.3) is 5.56 Å². The third-order valence-corrected chi connectivity index (χ3v) is 6.97. The fourth-order valence-electron chi connectivity index (χ4n) is 3.32. The van der Waals surface area contributed by atoms with E-state index < -0.39 is 10.0 Å². The van der Waals surface area contributed by atoms with Crippen LogP contribution in [0.15, 0.2) is 34.1 Å². The Morgan fingerprint density at radius 1 is 1.19 bits per heavy atom. The summed E-state index contributed by atoms with van der Waals surface area (Å²) >= 11 is 0. The van der Waals surface area contributed by atoms with Crippen molar-refractivity contribution in [3.05, 3.63) is 45.9 Å². The molecule has 0 radical (unpaired) electrons. The van der Waals surface area contributed by atoms with Gasteiger partial charge in [-0.15, -0.1) is 0 Å².